The van der Waals surface area contributed by atoms with E-state index in [1.54, 1.807) is 12.1 Å². The lowest BCUT2D eigenvalue weighted by molar-refractivity contribution is 0.433. The monoisotopic (exact) mass is 376 g/mol. The number of hydrogen-bond acceptors (Lipinski definition) is 2. The molecule has 2 atom stereocenters. The van der Waals surface area contributed by atoms with E-state index in [1.165, 1.54) is 30.5 Å². The zero-order valence-corrected chi connectivity index (χ0v) is 17.0. The first-order valence-electron chi connectivity index (χ1n) is 9.43. The van der Waals surface area contributed by atoms with Crippen molar-refractivity contribution in [2.75, 3.05) is 25.0 Å². The Morgan fingerprint density at radius 1 is 1.12 bits per heavy atom. The lowest BCUT2D eigenvalue weighted by Gasteiger charge is -2.28. The molecule has 2 unspecified atom stereocenters. The summed E-state index contributed by atoms with van der Waals surface area (Å²) in [5.74, 6) is 0.710. The summed E-state index contributed by atoms with van der Waals surface area (Å²) in [6.45, 7) is 8.79. The molecule has 0 saturated heterocycles. The number of benzene rings is 2. The Labute approximate surface area is 162 Å². The van der Waals surface area contributed by atoms with Crippen molar-refractivity contribution in [2.45, 2.75) is 39.5 Å². The van der Waals surface area contributed by atoms with Gasteiger partial charge in [0.15, 0.2) is 0 Å². The minimum absolute atomic E-state index is 0.221. The molecule has 0 amide bonds. The van der Waals surface area contributed by atoms with Crippen LogP contribution in [0, 0.1) is 11.7 Å². The molecule has 2 nitrogen and oxygen atoms in total. The van der Waals surface area contributed by atoms with Crippen molar-refractivity contribution < 1.29 is 4.39 Å². The van der Waals surface area contributed by atoms with E-state index in [-0.39, 0.29) is 5.82 Å². The average Bonchev–Trinajstić information content (AvgIpc) is 2.64. The highest BCUT2D eigenvalue weighted by molar-refractivity contribution is 6.30. The summed E-state index contributed by atoms with van der Waals surface area (Å²) in [4.78, 5) is 2.10. The van der Waals surface area contributed by atoms with Crippen LogP contribution in [-0.2, 0) is 0 Å². The predicted molar refractivity (Wildman–Crippen MR) is 111 cm³/mol. The number of nitrogens with zero attached hydrogens (tertiary/aromatic N) is 1. The summed E-state index contributed by atoms with van der Waals surface area (Å²) in [6, 6.07) is 12.6. The van der Waals surface area contributed by atoms with Crippen molar-refractivity contribution in [1.82, 2.24) is 5.32 Å². The first kappa shape index (κ1) is 20.7. The molecule has 0 aliphatic carbocycles. The number of nitrogens with one attached hydrogen (secondary N) is 1. The molecular formula is C22H30ClFN2. The highest BCUT2D eigenvalue weighted by atomic mass is 35.5. The maximum atomic E-state index is 13.3. The third-order valence-corrected chi connectivity index (χ3v) is 5.41. The molecule has 0 aliphatic heterocycles. The average molecular weight is 377 g/mol. The molecule has 2 aromatic carbocycles. The van der Waals surface area contributed by atoms with Gasteiger partial charge >= 0.3 is 0 Å². The van der Waals surface area contributed by atoms with Crippen molar-refractivity contribution in [3.05, 3.63) is 58.9 Å². The van der Waals surface area contributed by atoms with E-state index in [0.29, 0.717) is 11.8 Å². The topological polar surface area (TPSA) is 15.3 Å². The quantitative estimate of drug-likeness (QED) is 0.511. The number of anilines is 2. The lowest BCUT2D eigenvalue weighted by Crippen LogP contribution is -2.18. The fraction of sp³-hybridized carbons (Fsp3) is 0.455. The van der Waals surface area contributed by atoms with Crippen LogP contribution in [-0.4, -0.2) is 20.1 Å². The van der Waals surface area contributed by atoms with Gasteiger partial charge in [-0.3, -0.25) is 0 Å². The van der Waals surface area contributed by atoms with Gasteiger partial charge in [0.25, 0.3) is 0 Å². The summed E-state index contributed by atoms with van der Waals surface area (Å²) in [6.07, 6.45) is 2.34. The van der Waals surface area contributed by atoms with Crippen molar-refractivity contribution >= 4 is 23.0 Å². The summed E-state index contributed by atoms with van der Waals surface area (Å²) >= 11 is 6.30. The molecule has 142 valence electrons. The molecule has 26 heavy (non-hydrogen) atoms. The maximum absolute atomic E-state index is 13.3. The van der Waals surface area contributed by atoms with E-state index in [4.69, 9.17) is 11.6 Å². The normalized spacial score (nSPS) is 13.5. The summed E-state index contributed by atoms with van der Waals surface area (Å²) in [5.41, 5.74) is 3.31. The lowest BCUT2D eigenvalue weighted by atomic mass is 9.85. The summed E-state index contributed by atoms with van der Waals surface area (Å²) in [7, 11) is 2.02. The van der Waals surface area contributed by atoms with Gasteiger partial charge in [-0.05, 0) is 85.8 Å². The zero-order valence-electron chi connectivity index (χ0n) is 16.2. The minimum Gasteiger partial charge on any atom is -0.344 e. The van der Waals surface area contributed by atoms with Gasteiger partial charge in [-0.1, -0.05) is 32.4 Å². The van der Waals surface area contributed by atoms with E-state index < -0.39 is 0 Å². The molecule has 0 heterocycles. The number of halogens is 2. The van der Waals surface area contributed by atoms with Crippen LogP contribution in [0.2, 0.25) is 5.02 Å². The van der Waals surface area contributed by atoms with Crippen LogP contribution in [0.25, 0.3) is 0 Å². The van der Waals surface area contributed by atoms with Crippen LogP contribution in [0.15, 0.2) is 42.5 Å². The van der Waals surface area contributed by atoms with Crippen LogP contribution in [0.1, 0.15) is 45.1 Å². The Morgan fingerprint density at radius 3 is 2.46 bits per heavy atom. The van der Waals surface area contributed by atoms with Crippen LogP contribution < -0.4 is 10.2 Å². The summed E-state index contributed by atoms with van der Waals surface area (Å²) < 4.78 is 13.3. The predicted octanol–water partition coefficient (Wildman–Crippen LogP) is 6.38. The molecule has 2 rings (SSSR count). The Kier molecular flexibility index (Phi) is 7.92. The van der Waals surface area contributed by atoms with E-state index >= 15 is 0 Å². The second kappa shape index (κ2) is 9.94. The van der Waals surface area contributed by atoms with Gasteiger partial charge < -0.3 is 10.2 Å². The van der Waals surface area contributed by atoms with Gasteiger partial charge in [0.1, 0.15) is 5.82 Å². The Morgan fingerprint density at radius 2 is 1.81 bits per heavy atom. The van der Waals surface area contributed by atoms with Crippen molar-refractivity contribution in [2.24, 2.45) is 5.92 Å². The van der Waals surface area contributed by atoms with Crippen LogP contribution in [0.3, 0.4) is 0 Å². The Balaban J connectivity index is 2.21. The zero-order chi connectivity index (χ0) is 19.1. The summed E-state index contributed by atoms with van der Waals surface area (Å²) in [5, 5.41) is 4.14. The molecule has 0 fully saturated rings. The van der Waals surface area contributed by atoms with E-state index in [0.717, 1.165) is 29.5 Å². The fourth-order valence-corrected chi connectivity index (χ4v) is 3.46. The highest BCUT2D eigenvalue weighted by Crippen LogP contribution is 2.38. The first-order chi connectivity index (χ1) is 12.4. The van der Waals surface area contributed by atoms with Crippen LogP contribution in [0.4, 0.5) is 15.8 Å². The van der Waals surface area contributed by atoms with E-state index in [9.17, 15) is 4.39 Å². The van der Waals surface area contributed by atoms with Gasteiger partial charge in [0, 0.05) is 23.4 Å². The van der Waals surface area contributed by atoms with Crippen LogP contribution >= 0.6 is 11.6 Å². The molecule has 1 N–H and O–H groups in total. The highest BCUT2D eigenvalue weighted by Gasteiger charge is 2.20. The van der Waals surface area contributed by atoms with E-state index in [1.807, 2.05) is 13.1 Å². The second-order valence-corrected chi connectivity index (χ2v) is 7.44. The van der Waals surface area contributed by atoms with Crippen molar-refractivity contribution in [3.63, 3.8) is 0 Å². The third-order valence-electron chi connectivity index (χ3n) is 5.17. The molecule has 0 aromatic heterocycles. The van der Waals surface area contributed by atoms with Gasteiger partial charge in [-0.15, -0.1) is 0 Å². The largest absolute Gasteiger partial charge is 0.344 e. The molecule has 0 saturated carbocycles. The first-order valence-corrected chi connectivity index (χ1v) is 9.81. The molecule has 0 bridgehead atoms. The Hall–Kier alpha value is -1.58. The molecule has 0 radical (unpaired) electrons. The Bertz CT molecular complexity index is 687. The molecule has 4 heteroatoms. The third kappa shape index (κ3) is 5.46. The number of rotatable bonds is 9. The maximum Gasteiger partial charge on any atom is 0.123 e. The SMILES string of the molecule is CCNCCCC(C)C(C)c1cc(Cl)ccc1N(C)c1ccc(F)cc1. The molecular weight excluding hydrogens is 347 g/mol. The van der Waals surface area contributed by atoms with Gasteiger partial charge in [-0.2, -0.15) is 0 Å². The smallest absolute Gasteiger partial charge is 0.123 e. The van der Waals surface area contributed by atoms with Gasteiger partial charge in [-0.25, -0.2) is 4.39 Å². The molecule has 0 spiro atoms. The van der Waals surface area contributed by atoms with E-state index in [2.05, 4.69) is 43.1 Å². The minimum atomic E-state index is -0.221. The number of hydrogen-bond donors (Lipinski definition) is 1. The molecule has 0 aliphatic rings. The van der Waals surface area contributed by atoms with Crippen molar-refractivity contribution in [3.8, 4) is 0 Å². The van der Waals surface area contributed by atoms with Gasteiger partial charge in [0.05, 0.1) is 0 Å². The standard InChI is InChI=1S/C22H30ClFN2/c1-5-25-14-6-7-16(2)17(3)21-15-18(23)8-13-22(21)26(4)20-11-9-19(24)10-12-20/h8-13,15-17,25H,5-7,14H2,1-4H3. The van der Waals surface area contributed by atoms with Gasteiger partial charge in [0.2, 0.25) is 0 Å². The van der Waals surface area contributed by atoms with Crippen LogP contribution in [0.5, 0.6) is 0 Å². The second-order valence-electron chi connectivity index (χ2n) is 7.00. The van der Waals surface area contributed by atoms with Crippen molar-refractivity contribution in [1.29, 1.82) is 0 Å². The molecule has 2 aromatic rings. The fourth-order valence-electron chi connectivity index (χ4n) is 3.28.